The van der Waals surface area contributed by atoms with Crippen LogP contribution in [0.5, 0.6) is 0 Å². The van der Waals surface area contributed by atoms with Crippen LogP contribution in [0.2, 0.25) is 6.04 Å². The van der Waals surface area contributed by atoms with Crippen LogP contribution >= 0.6 is 56.4 Å². The van der Waals surface area contributed by atoms with Gasteiger partial charge in [-0.1, -0.05) is 0 Å². The predicted molar refractivity (Wildman–Crippen MR) is 53.1 cm³/mol. The van der Waals surface area contributed by atoms with Gasteiger partial charge in [-0.3, -0.25) is 0 Å². The Hall–Kier alpha value is 1.67. The molecule has 0 nitrogen and oxygen atoms in total. The highest BCUT2D eigenvalue weighted by Crippen LogP contribution is 2.29. The molecule has 0 aromatic carbocycles. The maximum absolute atomic E-state index is 5.76. The summed E-state index contributed by atoms with van der Waals surface area (Å²) in [5, 5.41) is -0.0864. The molecule has 1 atom stereocenters. The van der Waals surface area contributed by atoms with Crippen LogP contribution in [0.1, 0.15) is 6.42 Å². The molecule has 0 saturated carbocycles. The average Bonchev–Trinajstić information content (AvgIpc) is 1.59. The smallest absolute Gasteiger partial charge is 0.127 e. The Bertz CT molecular complexity index is 90.1. The van der Waals surface area contributed by atoms with Crippen LogP contribution in [0.25, 0.3) is 0 Å². The number of hydrogen-bond donors (Lipinski definition) is 0. The SMILES string of the molecule is ClCCC(Cl)C[Si](Cl)(Cl)Cl. The zero-order chi connectivity index (χ0) is 8.20. The third-order valence-electron chi connectivity index (χ3n) is 0.875. The Morgan fingerprint density at radius 1 is 1.20 bits per heavy atom. The van der Waals surface area contributed by atoms with E-state index < -0.39 is 6.00 Å². The minimum atomic E-state index is -2.53. The standard InChI is InChI=1S/C4H7Cl5Si/c5-2-1-4(6)3-10(7,8)9/h4H,1-3H2. The van der Waals surface area contributed by atoms with Gasteiger partial charge in [0.25, 0.3) is 0 Å². The minimum absolute atomic E-state index is 0.0864. The summed E-state index contributed by atoms with van der Waals surface area (Å²) in [5.41, 5.74) is 0. The van der Waals surface area contributed by atoms with Gasteiger partial charge in [-0.15, -0.1) is 56.4 Å². The molecule has 62 valence electrons. The summed E-state index contributed by atoms with van der Waals surface area (Å²) in [6, 6.07) is -2.05. The Morgan fingerprint density at radius 2 is 1.70 bits per heavy atom. The van der Waals surface area contributed by atoms with Gasteiger partial charge in [-0.25, -0.2) is 0 Å². The monoisotopic (exact) mass is 258 g/mol. The summed E-state index contributed by atoms with van der Waals surface area (Å²) in [4.78, 5) is 0. The topological polar surface area (TPSA) is 0 Å². The van der Waals surface area contributed by atoms with Gasteiger partial charge in [-0.05, 0) is 12.5 Å². The molecular formula is C4H7Cl5Si. The predicted octanol–water partition coefficient (Wildman–Crippen LogP) is 3.88. The molecule has 0 aliphatic rings. The van der Waals surface area contributed by atoms with E-state index in [0.29, 0.717) is 18.3 Å². The summed E-state index contributed by atoms with van der Waals surface area (Å²) >= 11 is 28.0. The Balaban J connectivity index is 3.47. The Kier molecular flexibility index (Phi) is 6.23. The van der Waals surface area contributed by atoms with E-state index >= 15 is 0 Å². The van der Waals surface area contributed by atoms with Crippen molar-refractivity contribution in [3.05, 3.63) is 0 Å². The van der Waals surface area contributed by atoms with E-state index in [2.05, 4.69) is 0 Å². The molecule has 0 aliphatic heterocycles. The van der Waals surface area contributed by atoms with Crippen molar-refractivity contribution in [2.75, 3.05) is 5.88 Å². The van der Waals surface area contributed by atoms with Gasteiger partial charge in [-0.2, -0.15) is 0 Å². The lowest BCUT2D eigenvalue weighted by Gasteiger charge is -2.11. The molecule has 0 heterocycles. The van der Waals surface area contributed by atoms with Crippen molar-refractivity contribution in [2.24, 2.45) is 0 Å². The van der Waals surface area contributed by atoms with Crippen LogP contribution in [0.3, 0.4) is 0 Å². The number of rotatable bonds is 4. The number of halogens is 5. The van der Waals surface area contributed by atoms with Gasteiger partial charge in [0.1, 0.15) is 0 Å². The summed E-state index contributed by atoms with van der Waals surface area (Å²) in [7, 11) is 0. The molecule has 10 heavy (non-hydrogen) atoms. The van der Waals surface area contributed by atoms with E-state index in [-0.39, 0.29) is 5.38 Å². The molecule has 1 unspecified atom stereocenters. The maximum atomic E-state index is 5.76. The number of alkyl halides is 2. The molecule has 6 heteroatoms. The second-order valence-electron chi connectivity index (χ2n) is 1.89. The van der Waals surface area contributed by atoms with Crippen molar-refractivity contribution in [2.45, 2.75) is 17.8 Å². The van der Waals surface area contributed by atoms with Gasteiger partial charge >= 0.3 is 6.00 Å². The van der Waals surface area contributed by atoms with Crippen LogP contribution < -0.4 is 0 Å². The van der Waals surface area contributed by atoms with Crippen molar-refractivity contribution < 1.29 is 0 Å². The molecule has 0 fully saturated rings. The molecule has 0 radical (unpaired) electrons. The lowest BCUT2D eigenvalue weighted by Crippen LogP contribution is -2.16. The van der Waals surface area contributed by atoms with Crippen LogP contribution in [-0.2, 0) is 0 Å². The van der Waals surface area contributed by atoms with Crippen molar-refractivity contribution in [1.82, 2.24) is 0 Å². The molecule has 0 aromatic rings. The molecule has 0 spiro atoms. The van der Waals surface area contributed by atoms with Crippen LogP contribution in [-0.4, -0.2) is 17.3 Å². The highest BCUT2D eigenvalue weighted by molar-refractivity contribution is 7.64. The summed E-state index contributed by atoms with van der Waals surface area (Å²) in [6.45, 7) is 0. The van der Waals surface area contributed by atoms with E-state index in [1.54, 1.807) is 0 Å². The molecule has 0 bridgehead atoms. The first-order valence-corrected chi connectivity index (χ1v) is 8.94. The van der Waals surface area contributed by atoms with Crippen LogP contribution in [0.15, 0.2) is 0 Å². The van der Waals surface area contributed by atoms with Crippen molar-refractivity contribution in [1.29, 1.82) is 0 Å². The fraction of sp³-hybridized carbons (Fsp3) is 1.00. The fourth-order valence-electron chi connectivity index (χ4n) is 0.472. The van der Waals surface area contributed by atoms with Gasteiger partial charge in [0.15, 0.2) is 0 Å². The first kappa shape index (κ1) is 11.7. The summed E-state index contributed by atoms with van der Waals surface area (Å²) in [5.74, 6) is 0.517. The average molecular weight is 260 g/mol. The largest absolute Gasteiger partial charge is 0.342 e. The van der Waals surface area contributed by atoms with E-state index in [0.717, 1.165) is 0 Å². The lowest BCUT2D eigenvalue weighted by atomic mass is 10.4. The summed E-state index contributed by atoms with van der Waals surface area (Å²) < 4.78 is 0. The normalized spacial score (nSPS) is 15.3. The Labute approximate surface area is 85.8 Å². The molecule has 0 saturated heterocycles. The third-order valence-corrected chi connectivity index (χ3v) is 4.07. The van der Waals surface area contributed by atoms with Gasteiger partial charge in [0, 0.05) is 11.3 Å². The molecule has 0 aromatic heterocycles. The van der Waals surface area contributed by atoms with Crippen molar-refractivity contribution >= 4 is 62.4 Å². The highest BCUT2D eigenvalue weighted by atomic mass is 35.8. The van der Waals surface area contributed by atoms with Crippen LogP contribution in [0, 0.1) is 0 Å². The third kappa shape index (κ3) is 7.77. The zero-order valence-electron chi connectivity index (χ0n) is 5.09. The first-order valence-electron chi connectivity index (χ1n) is 2.72. The van der Waals surface area contributed by atoms with Crippen molar-refractivity contribution in [3.8, 4) is 0 Å². The van der Waals surface area contributed by atoms with E-state index in [1.165, 1.54) is 0 Å². The quantitative estimate of drug-likeness (QED) is 0.409. The molecule has 0 N–H and O–H groups in total. The van der Waals surface area contributed by atoms with Gasteiger partial charge in [0.2, 0.25) is 0 Å². The molecular weight excluding hydrogens is 253 g/mol. The lowest BCUT2D eigenvalue weighted by molar-refractivity contribution is 0.895. The first-order chi connectivity index (χ1) is 4.45. The molecule has 0 aliphatic carbocycles. The second-order valence-corrected chi connectivity index (χ2v) is 12.1. The van der Waals surface area contributed by atoms with E-state index in [4.69, 9.17) is 56.4 Å². The zero-order valence-corrected chi connectivity index (χ0v) is 9.87. The van der Waals surface area contributed by atoms with Gasteiger partial charge < -0.3 is 0 Å². The van der Waals surface area contributed by atoms with Gasteiger partial charge in [0.05, 0.1) is 0 Å². The van der Waals surface area contributed by atoms with Crippen molar-refractivity contribution in [3.63, 3.8) is 0 Å². The highest BCUT2D eigenvalue weighted by Gasteiger charge is 2.28. The molecule has 0 amide bonds. The number of hydrogen-bond acceptors (Lipinski definition) is 0. The Morgan fingerprint density at radius 3 is 2.00 bits per heavy atom. The minimum Gasteiger partial charge on any atom is -0.127 e. The fourth-order valence-corrected chi connectivity index (χ4v) is 4.74. The molecule has 0 rings (SSSR count). The second kappa shape index (κ2) is 5.34. The van der Waals surface area contributed by atoms with E-state index in [9.17, 15) is 0 Å². The van der Waals surface area contributed by atoms with Crippen LogP contribution in [0.4, 0.5) is 0 Å². The summed E-state index contributed by atoms with van der Waals surface area (Å²) in [6.07, 6.45) is 0.698. The maximum Gasteiger partial charge on any atom is 0.342 e. The van der Waals surface area contributed by atoms with E-state index in [1.807, 2.05) is 0 Å².